The van der Waals surface area contributed by atoms with Gasteiger partial charge in [0.1, 0.15) is 0 Å². The number of carbonyl (C=O) groups excluding carboxylic acids is 1. The van der Waals surface area contributed by atoms with Crippen molar-refractivity contribution in [3.63, 3.8) is 0 Å². The maximum absolute atomic E-state index is 12.7. The Kier molecular flexibility index (Phi) is 6.15. The van der Waals surface area contributed by atoms with Crippen molar-refractivity contribution in [1.29, 1.82) is 0 Å². The van der Waals surface area contributed by atoms with Crippen LogP contribution in [0.15, 0.2) is 22.7 Å². The topological polar surface area (TPSA) is 55.1 Å². The molecule has 0 heterocycles. The van der Waals surface area contributed by atoms with Crippen molar-refractivity contribution in [3.8, 4) is 0 Å². The number of carbonyl (C=O) groups is 1. The molecular formula is C13H14BrF3N2OS. The van der Waals surface area contributed by atoms with Gasteiger partial charge in [0.25, 0.3) is 0 Å². The smallest absolute Gasteiger partial charge is 0.393 e. The van der Waals surface area contributed by atoms with Crippen LogP contribution in [0.2, 0.25) is 0 Å². The first-order chi connectivity index (χ1) is 9.65. The van der Waals surface area contributed by atoms with Gasteiger partial charge >= 0.3 is 6.18 Å². The van der Waals surface area contributed by atoms with E-state index in [1.807, 2.05) is 6.92 Å². The molecule has 1 aromatic carbocycles. The number of nitrogens with one attached hydrogen (secondary N) is 1. The van der Waals surface area contributed by atoms with Crippen LogP contribution in [0.25, 0.3) is 0 Å². The van der Waals surface area contributed by atoms with E-state index in [1.54, 1.807) is 0 Å². The molecule has 0 spiro atoms. The first kappa shape index (κ1) is 17.9. The molecule has 116 valence electrons. The number of halogens is 4. The van der Waals surface area contributed by atoms with Gasteiger partial charge in [0.05, 0.1) is 16.5 Å². The normalized spacial score (nSPS) is 12.8. The summed E-state index contributed by atoms with van der Waals surface area (Å²) < 4.78 is 38.4. The number of benzene rings is 1. The minimum atomic E-state index is -4.49. The molecule has 1 amide bonds. The molecule has 8 heteroatoms. The van der Waals surface area contributed by atoms with Crippen molar-refractivity contribution < 1.29 is 18.0 Å². The maximum Gasteiger partial charge on any atom is 0.416 e. The highest BCUT2D eigenvalue weighted by atomic mass is 79.9. The molecule has 1 atom stereocenters. The van der Waals surface area contributed by atoms with E-state index in [4.69, 9.17) is 18.0 Å². The molecule has 1 aromatic rings. The molecule has 3 N–H and O–H groups in total. The zero-order valence-corrected chi connectivity index (χ0v) is 13.5. The van der Waals surface area contributed by atoms with E-state index in [-0.39, 0.29) is 15.1 Å². The first-order valence-corrected chi connectivity index (χ1v) is 7.33. The Morgan fingerprint density at radius 3 is 2.52 bits per heavy atom. The molecular weight excluding hydrogens is 369 g/mol. The van der Waals surface area contributed by atoms with Crippen LogP contribution < -0.4 is 11.1 Å². The average molecular weight is 383 g/mol. The second kappa shape index (κ2) is 7.22. The van der Waals surface area contributed by atoms with Crippen LogP contribution in [0.1, 0.15) is 25.3 Å². The Morgan fingerprint density at radius 2 is 2.05 bits per heavy atom. The van der Waals surface area contributed by atoms with Gasteiger partial charge in [-0.2, -0.15) is 13.2 Å². The molecule has 0 aliphatic rings. The van der Waals surface area contributed by atoms with Crippen molar-refractivity contribution in [3.05, 3.63) is 28.2 Å². The van der Waals surface area contributed by atoms with E-state index in [9.17, 15) is 18.0 Å². The van der Waals surface area contributed by atoms with Gasteiger partial charge in [0.15, 0.2) is 0 Å². The second-order valence-corrected chi connectivity index (χ2v) is 5.85. The maximum atomic E-state index is 12.7. The lowest BCUT2D eigenvalue weighted by Gasteiger charge is -2.16. The number of thiocarbonyl (C=S) groups is 1. The van der Waals surface area contributed by atoms with Gasteiger partial charge in [-0.15, -0.1) is 0 Å². The Balaban J connectivity index is 2.99. The van der Waals surface area contributed by atoms with E-state index in [1.165, 1.54) is 6.07 Å². The molecule has 0 aliphatic carbocycles. The fourth-order valence-electron chi connectivity index (χ4n) is 1.75. The Bertz CT molecular complexity index is 549. The SMILES string of the molecule is CCCC(C(=O)Nc1cc(Br)cc(C(F)(F)F)c1)C(N)=S. The molecule has 0 fully saturated rings. The average Bonchev–Trinajstić information content (AvgIpc) is 2.33. The summed E-state index contributed by atoms with van der Waals surface area (Å²) in [4.78, 5) is 12.1. The number of hydrogen-bond donors (Lipinski definition) is 2. The quantitative estimate of drug-likeness (QED) is 0.753. The number of nitrogens with two attached hydrogens (primary N) is 1. The number of rotatable bonds is 5. The van der Waals surface area contributed by atoms with Crippen LogP contribution in [0.5, 0.6) is 0 Å². The monoisotopic (exact) mass is 382 g/mol. The van der Waals surface area contributed by atoms with Crippen molar-refractivity contribution in [2.24, 2.45) is 11.7 Å². The van der Waals surface area contributed by atoms with Gasteiger partial charge in [-0.25, -0.2) is 0 Å². The summed E-state index contributed by atoms with van der Waals surface area (Å²) in [6.45, 7) is 1.86. The van der Waals surface area contributed by atoms with E-state index in [0.29, 0.717) is 12.8 Å². The minimum Gasteiger partial charge on any atom is -0.393 e. The molecule has 0 saturated heterocycles. The van der Waals surface area contributed by atoms with Crippen molar-refractivity contribution >= 4 is 44.7 Å². The summed E-state index contributed by atoms with van der Waals surface area (Å²) in [7, 11) is 0. The number of alkyl halides is 3. The van der Waals surface area contributed by atoms with Gasteiger partial charge < -0.3 is 11.1 Å². The first-order valence-electron chi connectivity index (χ1n) is 6.13. The van der Waals surface area contributed by atoms with Crippen molar-refractivity contribution in [1.82, 2.24) is 0 Å². The van der Waals surface area contributed by atoms with Crippen molar-refractivity contribution in [2.75, 3.05) is 5.32 Å². The summed E-state index contributed by atoms with van der Waals surface area (Å²) in [5.41, 5.74) is 4.68. The molecule has 21 heavy (non-hydrogen) atoms. The van der Waals surface area contributed by atoms with E-state index in [2.05, 4.69) is 21.2 Å². The summed E-state index contributed by atoms with van der Waals surface area (Å²) in [5, 5.41) is 2.43. The summed E-state index contributed by atoms with van der Waals surface area (Å²) in [5.74, 6) is -1.20. The van der Waals surface area contributed by atoms with Crippen molar-refractivity contribution in [2.45, 2.75) is 25.9 Å². The van der Waals surface area contributed by atoms with Crippen LogP contribution in [0.3, 0.4) is 0 Å². The fraction of sp³-hybridized carbons (Fsp3) is 0.385. The zero-order valence-electron chi connectivity index (χ0n) is 11.1. The molecule has 0 bridgehead atoms. The van der Waals surface area contributed by atoms with Gasteiger partial charge in [-0.05, 0) is 24.6 Å². The van der Waals surface area contributed by atoms with Crippen LogP contribution in [-0.2, 0) is 11.0 Å². The second-order valence-electron chi connectivity index (χ2n) is 4.46. The highest BCUT2D eigenvalue weighted by Crippen LogP contribution is 2.33. The lowest BCUT2D eigenvalue weighted by molar-refractivity contribution is -0.137. The Morgan fingerprint density at radius 1 is 1.43 bits per heavy atom. The molecule has 1 unspecified atom stereocenters. The van der Waals surface area contributed by atoms with Gasteiger partial charge in [0.2, 0.25) is 5.91 Å². The minimum absolute atomic E-state index is 0.0281. The van der Waals surface area contributed by atoms with Crippen LogP contribution in [-0.4, -0.2) is 10.9 Å². The third kappa shape index (κ3) is 5.28. The lowest BCUT2D eigenvalue weighted by atomic mass is 10.0. The molecule has 1 rings (SSSR count). The molecule has 0 saturated carbocycles. The largest absolute Gasteiger partial charge is 0.416 e. The lowest BCUT2D eigenvalue weighted by Crippen LogP contribution is -2.33. The molecule has 0 aliphatic heterocycles. The van der Waals surface area contributed by atoms with Gasteiger partial charge in [-0.3, -0.25) is 4.79 Å². The summed E-state index contributed by atoms with van der Waals surface area (Å²) in [6, 6.07) is 3.19. The molecule has 0 aromatic heterocycles. The standard InChI is InChI=1S/C13H14BrF3N2OS/c1-2-3-10(11(18)21)12(20)19-9-5-7(13(15,16)17)4-8(14)6-9/h4-6,10H,2-3H2,1H3,(H2,18,21)(H,19,20). The number of amides is 1. The Hall–Kier alpha value is -1.15. The number of anilines is 1. The van der Waals surface area contributed by atoms with Crippen LogP contribution in [0, 0.1) is 5.92 Å². The van der Waals surface area contributed by atoms with Gasteiger partial charge in [0, 0.05) is 10.2 Å². The van der Waals surface area contributed by atoms with Crippen LogP contribution >= 0.6 is 28.1 Å². The molecule has 0 radical (unpaired) electrons. The van der Waals surface area contributed by atoms with E-state index in [0.717, 1.165) is 12.1 Å². The molecule has 3 nitrogen and oxygen atoms in total. The van der Waals surface area contributed by atoms with E-state index < -0.39 is 23.6 Å². The predicted octanol–water partition coefficient (Wildman–Crippen LogP) is 4.11. The summed E-state index contributed by atoms with van der Waals surface area (Å²) in [6.07, 6.45) is -3.36. The summed E-state index contributed by atoms with van der Waals surface area (Å²) >= 11 is 7.80. The van der Waals surface area contributed by atoms with Crippen LogP contribution in [0.4, 0.5) is 18.9 Å². The highest BCUT2D eigenvalue weighted by molar-refractivity contribution is 9.10. The van der Waals surface area contributed by atoms with Gasteiger partial charge in [-0.1, -0.05) is 41.5 Å². The predicted molar refractivity (Wildman–Crippen MR) is 83.0 cm³/mol. The zero-order chi connectivity index (χ0) is 16.2. The highest BCUT2D eigenvalue weighted by Gasteiger charge is 2.31. The third-order valence-corrected chi connectivity index (χ3v) is 3.47. The third-order valence-electron chi connectivity index (χ3n) is 2.73. The number of hydrogen-bond acceptors (Lipinski definition) is 2. The Labute approximate surface area is 134 Å². The van der Waals surface area contributed by atoms with E-state index >= 15 is 0 Å². The fourth-order valence-corrected chi connectivity index (χ4v) is 2.46.